The number of halogens is 2. The Balaban J connectivity index is 1.69. The fourth-order valence-electron chi connectivity index (χ4n) is 2.16. The molecule has 0 radical (unpaired) electrons. The van der Waals surface area contributed by atoms with Gasteiger partial charge in [-0.2, -0.15) is 9.78 Å². The number of pyridine rings is 1. The van der Waals surface area contributed by atoms with Crippen molar-refractivity contribution in [1.82, 2.24) is 14.8 Å². The first-order valence-corrected chi connectivity index (χ1v) is 8.18. The van der Waals surface area contributed by atoms with Gasteiger partial charge in [0.15, 0.2) is 24.0 Å². The molecule has 3 aromatic rings. The number of hydrogen-bond donors (Lipinski definition) is 1. The number of nitrogens with zero attached hydrogens (tertiary/aromatic N) is 3. The Morgan fingerprint density at radius 3 is 2.88 bits per heavy atom. The molecule has 0 aliphatic carbocycles. The highest BCUT2D eigenvalue weighted by molar-refractivity contribution is 9.10. The van der Waals surface area contributed by atoms with Crippen molar-refractivity contribution >= 4 is 27.7 Å². The van der Waals surface area contributed by atoms with Gasteiger partial charge in [-0.3, -0.25) is 4.79 Å². The summed E-state index contributed by atoms with van der Waals surface area (Å²) in [5, 5.41) is 7.01. The van der Waals surface area contributed by atoms with Crippen molar-refractivity contribution in [1.29, 1.82) is 0 Å². The molecule has 0 saturated heterocycles. The molecule has 0 fully saturated rings. The van der Waals surface area contributed by atoms with Crippen LogP contribution in [0, 0.1) is 12.7 Å². The molecule has 0 atom stereocenters. The molecule has 2 heterocycles. The fourth-order valence-corrected chi connectivity index (χ4v) is 2.49. The van der Waals surface area contributed by atoms with Crippen LogP contribution in [0.4, 0.5) is 10.2 Å². The highest BCUT2D eigenvalue weighted by Crippen LogP contribution is 2.21. The van der Waals surface area contributed by atoms with Gasteiger partial charge < -0.3 is 10.1 Å². The number of ether oxygens (including phenoxy) is 1. The van der Waals surface area contributed by atoms with Crippen molar-refractivity contribution in [3.63, 3.8) is 0 Å². The van der Waals surface area contributed by atoms with Crippen LogP contribution in [0.2, 0.25) is 0 Å². The highest BCUT2D eigenvalue weighted by atomic mass is 79.9. The van der Waals surface area contributed by atoms with Crippen molar-refractivity contribution in [3.05, 3.63) is 64.6 Å². The summed E-state index contributed by atoms with van der Waals surface area (Å²) in [6.45, 7) is 1.48. The smallest absolute Gasteiger partial charge is 0.263 e. The van der Waals surface area contributed by atoms with Crippen LogP contribution in [-0.2, 0) is 4.79 Å². The summed E-state index contributed by atoms with van der Waals surface area (Å²) in [4.78, 5) is 16.3. The maximum atomic E-state index is 13.7. The van der Waals surface area contributed by atoms with Gasteiger partial charge >= 0.3 is 0 Å². The van der Waals surface area contributed by atoms with Crippen molar-refractivity contribution in [3.8, 4) is 11.6 Å². The predicted molar refractivity (Wildman–Crippen MR) is 94.3 cm³/mol. The largest absolute Gasteiger partial charge is 0.481 e. The number of nitrogens with one attached hydrogen (secondary N) is 1. The standard InChI is InChI=1S/C17H14BrFN4O2/c1-11-8-16(23(22-11)15-4-2-3-7-20-15)21-17(24)10-25-14-6-5-12(18)9-13(14)19/h2-9H,10H2,1H3,(H,21,24). The molecule has 0 bridgehead atoms. The second-order valence-corrected chi connectivity index (χ2v) is 6.10. The molecule has 0 unspecified atom stereocenters. The summed E-state index contributed by atoms with van der Waals surface area (Å²) >= 11 is 3.16. The zero-order chi connectivity index (χ0) is 17.8. The number of amides is 1. The average molecular weight is 405 g/mol. The SMILES string of the molecule is Cc1cc(NC(=O)COc2ccc(Br)cc2F)n(-c2ccccn2)n1. The number of aryl methyl sites for hydroxylation is 1. The van der Waals surface area contributed by atoms with Gasteiger partial charge in [0.2, 0.25) is 0 Å². The van der Waals surface area contributed by atoms with E-state index in [2.05, 4.69) is 31.3 Å². The van der Waals surface area contributed by atoms with E-state index >= 15 is 0 Å². The lowest BCUT2D eigenvalue weighted by molar-refractivity contribution is -0.118. The highest BCUT2D eigenvalue weighted by Gasteiger charge is 2.13. The van der Waals surface area contributed by atoms with Crippen molar-refractivity contribution < 1.29 is 13.9 Å². The van der Waals surface area contributed by atoms with Crippen molar-refractivity contribution in [2.24, 2.45) is 0 Å². The lowest BCUT2D eigenvalue weighted by atomic mass is 10.3. The zero-order valence-electron chi connectivity index (χ0n) is 13.2. The maximum absolute atomic E-state index is 13.7. The van der Waals surface area contributed by atoms with Crippen LogP contribution in [0.25, 0.3) is 5.82 Å². The average Bonchev–Trinajstić information content (AvgIpc) is 2.95. The minimum absolute atomic E-state index is 0.00719. The first-order valence-electron chi connectivity index (χ1n) is 7.39. The number of anilines is 1. The van der Waals surface area contributed by atoms with E-state index in [1.54, 1.807) is 30.5 Å². The zero-order valence-corrected chi connectivity index (χ0v) is 14.8. The Morgan fingerprint density at radius 2 is 2.16 bits per heavy atom. The van der Waals surface area contributed by atoms with Crippen LogP contribution in [-0.4, -0.2) is 27.3 Å². The summed E-state index contributed by atoms with van der Waals surface area (Å²) in [5.41, 5.74) is 0.723. The molecule has 1 N–H and O–H groups in total. The third-order valence-electron chi connectivity index (χ3n) is 3.22. The molecule has 2 aromatic heterocycles. The fraction of sp³-hybridized carbons (Fsp3) is 0.118. The van der Waals surface area contributed by atoms with E-state index in [9.17, 15) is 9.18 Å². The van der Waals surface area contributed by atoms with Gasteiger partial charge in [0.1, 0.15) is 5.82 Å². The molecule has 0 aliphatic heterocycles. The maximum Gasteiger partial charge on any atom is 0.263 e. The molecule has 128 valence electrons. The number of aromatic nitrogens is 3. The van der Waals surface area contributed by atoms with Gasteiger partial charge in [0.25, 0.3) is 5.91 Å². The van der Waals surface area contributed by atoms with Gasteiger partial charge in [0, 0.05) is 16.7 Å². The normalized spacial score (nSPS) is 10.5. The second-order valence-electron chi connectivity index (χ2n) is 5.18. The van der Waals surface area contributed by atoms with Gasteiger partial charge in [-0.15, -0.1) is 0 Å². The van der Waals surface area contributed by atoms with Crippen molar-refractivity contribution in [2.75, 3.05) is 11.9 Å². The van der Waals surface area contributed by atoms with Crippen LogP contribution in [0.5, 0.6) is 5.75 Å². The third-order valence-corrected chi connectivity index (χ3v) is 3.71. The molecule has 0 saturated carbocycles. The Hall–Kier alpha value is -2.74. The van der Waals surface area contributed by atoms with E-state index in [1.165, 1.54) is 16.8 Å². The van der Waals surface area contributed by atoms with E-state index in [4.69, 9.17) is 4.74 Å². The first-order chi connectivity index (χ1) is 12.0. The van der Waals surface area contributed by atoms with Crippen LogP contribution in [0.15, 0.2) is 53.1 Å². The van der Waals surface area contributed by atoms with Gasteiger partial charge in [-0.25, -0.2) is 9.37 Å². The van der Waals surface area contributed by atoms with E-state index in [1.807, 2.05) is 13.0 Å². The minimum Gasteiger partial charge on any atom is -0.481 e. The summed E-state index contributed by atoms with van der Waals surface area (Å²) in [5.74, 6) is 0.0653. The summed E-state index contributed by atoms with van der Waals surface area (Å²) < 4.78 is 21.0. The Kier molecular flexibility index (Phi) is 5.08. The van der Waals surface area contributed by atoms with Crippen LogP contribution >= 0.6 is 15.9 Å². The number of benzene rings is 1. The van der Waals surface area contributed by atoms with Crippen LogP contribution in [0.3, 0.4) is 0 Å². The summed E-state index contributed by atoms with van der Waals surface area (Å²) in [6.07, 6.45) is 1.64. The molecule has 0 aliphatic rings. The van der Waals surface area contributed by atoms with Crippen LogP contribution in [0.1, 0.15) is 5.69 Å². The van der Waals surface area contributed by atoms with Gasteiger partial charge in [-0.1, -0.05) is 22.0 Å². The molecule has 6 nitrogen and oxygen atoms in total. The van der Waals surface area contributed by atoms with Crippen LogP contribution < -0.4 is 10.1 Å². The molecular formula is C17H14BrFN4O2. The summed E-state index contributed by atoms with van der Waals surface area (Å²) in [7, 11) is 0. The monoisotopic (exact) mass is 404 g/mol. The quantitative estimate of drug-likeness (QED) is 0.706. The molecule has 8 heteroatoms. The number of rotatable bonds is 5. The molecule has 0 spiro atoms. The Labute approximate surface area is 151 Å². The first kappa shape index (κ1) is 17.1. The number of carbonyl (C=O) groups is 1. The second kappa shape index (κ2) is 7.43. The van der Waals surface area contributed by atoms with E-state index in [0.29, 0.717) is 16.1 Å². The molecule has 25 heavy (non-hydrogen) atoms. The summed E-state index contributed by atoms with van der Waals surface area (Å²) in [6, 6.07) is 11.5. The lowest BCUT2D eigenvalue weighted by Crippen LogP contribution is -2.22. The lowest BCUT2D eigenvalue weighted by Gasteiger charge is -2.10. The Morgan fingerprint density at radius 1 is 1.32 bits per heavy atom. The van der Waals surface area contributed by atoms with E-state index < -0.39 is 11.7 Å². The van der Waals surface area contributed by atoms with E-state index in [-0.39, 0.29) is 12.4 Å². The number of carbonyl (C=O) groups excluding carboxylic acids is 1. The predicted octanol–water partition coefficient (Wildman–Crippen LogP) is 3.49. The van der Waals surface area contributed by atoms with Gasteiger partial charge in [-0.05, 0) is 37.3 Å². The molecule has 3 rings (SSSR count). The topological polar surface area (TPSA) is 69.0 Å². The van der Waals surface area contributed by atoms with Crippen molar-refractivity contribution in [2.45, 2.75) is 6.92 Å². The number of hydrogen-bond acceptors (Lipinski definition) is 4. The molecule has 1 amide bonds. The minimum atomic E-state index is -0.545. The van der Waals surface area contributed by atoms with E-state index in [0.717, 1.165) is 5.69 Å². The Bertz CT molecular complexity index is 899. The molecule has 1 aromatic carbocycles. The van der Waals surface area contributed by atoms with Gasteiger partial charge in [0.05, 0.1) is 5.69 Å². The molecular weight excluding hydrogens is 391 g/mol. The third kappa shape index (κ3) is 4.21.